The van der Waals surface area contributed by atoms with E-state index in [1.807, 2.05) is 0 Å². The highest BCUT2D eigenvalue weighted by Crippen LogP contribution is 2.33. The fraction of sp³-hybridized carbons (Fsp3) is 0.417. The Bertz CT molecular complexity index is 684. The molecule has 2 aliphatic heterocycles. The van der Waals surface area contributed by atoms with Crippen LogP contribution in [0.3, 0.4) is 0 Å². The average molecular weight is 308 g/mol. The zero-order valence-electron chi connectivity index (χ0n) is 11.0. The first-order valence-electron chi connectivity index (χ1n) is 6.34. The molecular formula is C12H12N4O6. The summed E-state index contributed by atoms with van der Waals surface area (Å²) in [5, 5.41) is 39.4. The molecule has 0 bridgehead atoms. The van der Waals surface area contributed by atoms with E-state index in [1.165, 1.54) is 18.6 Å². The van der Waals surface area contributed by atoms with Crippen molar-refractivity contribution in [2.75, 3.05) is 0 Å². The minimum absolute atomic E-state index is 0.244. The first-order chi connectivity index (χ1) is 10.4. The molecule has 3 rings (SSSR count). The molecule has 1 aromatic rings. The van der Waals surface area contributed by atoms with E-state index in [9.17, 15) is 30.0 Å². The summed E-state index contributed by atoms with van der Waals surface area (Å²) in [7, 11) is 0. The Balaban J connectivity index is 2.26. The van der Waals surface area contributed by atoms with E-state index in [4.69, 9.17) is 0 Å². The van der Waals surface area contributed by atoms with Gasteiger partial charge in [-0.05, 0) is 0 Å². The number of imidazole rings is 1. The van der Waals surface area contributed by atoms with Gasteiger partial charge in [-0.3, -0.25) is 14.2 Å². The largest absolute Gasteiger partial charge is 0.387 e. The summed E-state index contributed by atoms with van der Waals surface area (Å²) >= 11 is 0. The number of hydrogen-bond donors (Lipinski definition) is 4. The average Bonchev–Trinajstić information content (AvgIpc) is 3.18. The van der Waals surface area contributed by atoms with Crippen molar-refractivity contribution >= 4 is 24.1 Å². The predicted octanol–water partition coefficient (Wildman–Crippen LogP) is -3.14. The van der Waals surface area contributed by atoms with Crippen molar-refractivity contribution in [2.24, 2.45) is 9.98 Å². The van der Waals surface area contributed by atoms with Crippen LogP contribution in [0.4, 0.5) is 0 Å². The number of aromatic nitrogens is 2. The molecule has 1 spiro atoms. The van der Waals surface area contributed by atoms with Crippen molar-refractivity contribution in [3.63, 3.8) is 0 Å². The number of fused-ring (bicyclic) bond motifs is 2. The number of nitrogens with zero attached hydrogens (tertiary/aromatic N) is 4. The van der Waals surface area contributed by atoms with Crippen molar-refractivity contribution in [1.29, 1.82) is 0 Å². The van der Waals surface area contributed by atoms with Gasteiger partial charge in [0.05, 0.1) is 0 Å². The Morgan fingerprint density at radius 3 is 2.23 bits per heavy atom. The monoisotopic (exact) mass is 308 g/mol. The molecule has 3 heterocycles. The van der Waals surface area contributed by atoms with Crippen molar-refractivity contribution in [3.8, 4) is 0 Å². The number of carbonyl (C=O) groups excluding carboxylic acids is 2. The van der Waals surface area contributed by atoms with Gasteiger partial charge in [-0.15, -0.1) is 0 Å². The van der Waals surface area contributed by atoms with Gasteiger partial charge >= 0.3 is 0 Å². The second kappa shape index (κ2) is 4.88. The fourth-order valence-corrected chi connectivity index (χ4v) is 2.43. The van der Waals surface area contributed by atoms with Crippen molar-refractivity contribution in [1.82, 2.24) is 9.55 Å². The Labute approximate surface area is 123 Å². The minimum atomic E-state index is -2.12. The Hall–Kier alpha value is -2.27. The van der Waals surface area contributed by atoms with Crippen LogP contribution in [-0.2, 0) is 10.5 Å². The summed E-state index contributed by atoms with van der Waals surface area (Å²) in [6.45, 7) is 0. The molecule has 4 unspecified atom stereocenters. The Morgan fingerprint density at radius 2 is 1.59 bits per heavy atom. The molecule has 0 aromatic carbocycles. The van der Waals surface area contributed by atoms with Crippen LogP contribution < -0.4 is 0 Å². The van der Waals surface area contributed by atoms with E-state index >= 15 is 0 Å². The second-order valence-electron chi connectivity index (χ2n) is 4.92. The lowest BCUT2D eigenvalue weighted by atomic mass is 9.94. The van der Waals surface area contributed by atoms with Gasteiger partial charge in [0.25, 0.3) is 11.6 Å². The Morgan fingerprint density at radius 1 is 1.00 bits per heavy atom. The van der Waals surface area contributed by atoms with Crippen molar-refractivity contribution < 1.29 is 30.0 Å². The Kier molecular flexibility index (Phi) is 3.25. The third kappa shape index (κ3) is 1.78. The number of aliphatic hydroxyl groups is 4. The smallest absolute Gasteiger partial charge is 0.270 e. The fourth-order valence-electron chi connectivity index (χ4n) is 2.43. The number of aliphatic hydroxyl groups excluding tert-OH is 4. The van der Waals surface area contributed by atoms with Gasteiger partial charge in [0.1, 0.15) is 18.3 Å². The van der Waals surface area contributed by atoms with Crippen LogP contribution in [0.1, 0.15) is 10.6 Å². The van der Waals surface area contributed by atoms with Crippen LogP contribution in [0.2, 0.25) is 0 Å². The lowest BCUT2D eigenvalue weighted by Gasteiger charge is -2.26. The predicted molar refractivity (Wildman–Crippen MR) is 70.5 cm³/mol. The van der Waals surface area contributed by atoms with Crippen LogP contribution in [0.25, 0.3) is 0 Å². The van der Waals surface area contributed by atoms with Crippen molar-refractivity contribution in [3.05, 3.63) is 18.2 Å². The van der Waals surface area contributed by atoms with E-state index in [0.29, 0.717) is 0 Å². The van der Waals surface area contributed by atoms with Crippen LogP contribution >= 0.6 is 0 Å². The van der Waals surface area contributed by atoms with Gasteiger partial charge < -0.3 is 20.4 Å². The zero-order valence-corrected chi connectivity index (χ0v) is 11.0. The van der Waals surface area contributed by atoms with E-state index in [-0.39, 0.29) is 5.82 Å². The molecule has 22 heavy (non-hydrogen) atoms. The molecule has 0 aliphatic carbocycles. The van der Waals surface area contributed by atoms with E-state index in [1.54, 1.807) is 0 Å². The molecule has 10 nitrogen and oxygen atoms in total. The van der Waals surface area contributed by atoms with Crippen LogP contribution in [0, 0.1) is 0 Å². The van der Waals surface area contributed by atoms with Gasteiger partial charge in [-0.25, -0.2) is 15.0 Å². The lowest BCUT2D eigenvalue weighted by Crippen LogP contribution is -2.52. The maximum Gasteiger partial charge on any atom is 0.270 e. The van der Waals surface area contributed by atoms with Gasteiger partial charge in [0, 0.05) is 24.8 Å². The standard InChI is InChI=1S/C12H12N4O6/c17-5-6(18)8(20)10(22)16-4-3-13-11(16)12(9(21)7(5)19)14-1-2-15-12/h1-8,17-20H. The number of aliphatic imine (C=N–C) groups is 2. The van der Waals surface area contributed by atoms with Crippen LogP contribution in [0.5, 0.6) is 0 Å². The molecule has 10 heteroatoms. The molecule has 0 saturated heterocycles. The molecule has 0 fully saturated rings. The molecular weight excluding hydrogens is 296 g/mol. The van der Waals surface area contributed by atoms with Gasteiger partial charge in [-0.1, -0.05) is 0 Å². The number of rotatable bonds is 0. The van der Waals surface area contributed by atoms with Crippen molar-refractivity contribution in [2.45, 2.75) is 30.1 Å². The minimum Gasteiger partial charge on any atom is -0.387 e. The maximum atomic E-state index is 12.5. The highest BCUT2D eigenvalue weighted by molar-refractivity contribution is 6.20. The summed E-state index contributed by atoms with van der Waals surface area (Å²) in [5.74, 6) is -2.34. The summed E-state index contributed by atoms with van der Waals surface area (Å²) in [4.78, 5) is 36.3. The molecule has 0 saturated carbocycles. The van der Waals surface area contributed by atoms with Gasteiger partial charge in [-0.2, -0.15) is 0 Å². The SMILES string of the molecule is O=C1C(O)C(O)C(O)C(O)C(=O)C2(N=CC=N2)c2nccn21. The number of carbonyl (C=O) groups is 2. The summed E-state index contributed by atoms with van der Waals surface area (Å²) < 4.78 is 0.816. The first kappa shape index (κ1) is 14.7. The topological polar surface area (TPSA) is 158 Å². The number of Topliss-reactive ketones (excluding diaryl/α,β-unsaturated/α-hetero) is 1. The molecule has 0 amide bonds. The first-order valence-corrected chi connectivity index (χ1v) is 6.34. The molecule has 1 aromatic heterocycles. The maximum absolute atomic E-state index is 12.5. The van der Waals surface area contributed by atoms with Crippen LogP contribution in [-0.4, -0.2) is 78.5 Å². The normalized spacial score (nSPS) is 33.6. The third-order valence-corrected chi connectivity index (χ3v) is 3.64. The number of ketones is 1. The molecule has 0 radical (unpaired) electrons. The van der Waals surface area contributed by atoms with Gasteiger partial charge in [0.15, 0.2) is 11.9 Å². The molecule has 4 atom stereocenters. The summed E-state index contributed by atoms with van der Waals surface area (Å²) in [6.07, 6.45) is -3.60. The van der Waals surface area contributed by atoms with E-state index in [0.717, 1.165) is 10.8 Å². The third-order valence-electron chi connectivity index (χ3n) is 3.64. The highest BCUT2D eigenvalue weighted by Gasteiger charge is 2.53. The highest BCUT2D eigenvalue weighted by atomic mass is 16.4. The quantitative estimate of drug-likeness (QED) is 0.394. The molecule has 2 aliphatic rings. The molecule has 4 N–H and O–H groups in total. The van der Waals surface area contributed by atoms with Gasteiger partial charge in [0.2, 0.25) is 5.78 Å². The number of hydrogen-bond acceptors (Lipinski definition) is 9. The lowest BCUT2D eigenvalue weighted by molar-refractivity contribution is -0.147. The van der Waals surface area contributed by atoms with E-state index in [2.05, 4.69) is 15.0 Å². The zero-order chi connectivity index (χ0) is 16.1. The van der Waals surface area contributed by atoms with E-state index < -0.39 is 41.8 Å². The second-order valence-corrected chi connectivity index (χ2v) is 4.92. The summed E-state index contributed by atoms with van der Waals surface area (Å²) in [5.41, 5.74) is -2.04. The van der Waals surface area contributed by atoms with Crippen LogP contribution in [0.15, 0.2) is 22.4 Å². The molecule has 116 valence electrons. The summed E-state index contributed by atoms with van der Waals surface area (Å²) in [6, 6.07) is 0.